The number of ether oxygens (including phenoxy) is 2. The van der Waals surface area contributed by atoms with Gasteiger partial charge in [-0.05, 0) is 42.0 Å². The van der Waals surface area contributed by atoms with Gasteiger partial charge in [0.15, 0.2) is 11.5 Å². The van der Waals surface area contributed by atoms with Gasteiger partial charge in [-0.1, -0.05) is 36.4 Å². The van der Waals surface area contributed by atoms with E-state index in [-0.39, 0.29) is 0 Å². The predicted octanol–water partition coefficient (Wildman–Crippen LogP) is 4.59. The normalized spacial score (nSPS) is 10.4. The number of anilines is 1. The number of hydrogen-bond donors (Lipinski definition) is 1. The van der Waals surface area contributed by atoms with Crippen LogP contribution < -0.4 is 14.9 Å². The van der Waals surface area contributed by atoms with E-state index in [2.05, 4.69) is 16.6 Å². The van der Waals surface area contributed by atoms with E-state index in [1.165, 1.54) is 0 Å². The molecule has 0 heterocycles. The number of nitriles is 1. The SMILES string of the molecule is COc1cc(/C=N\Nc2ccccc2)ccc1OCc1ccccc1C#N. The molecule has 0 amide bonds. The van der Waals surface area contributed by atoms with Gasteiger partial charge in [0, 0.05) is 5.56 Å². The molecular formula is C22H19N3O2. The number of rotatable bonds is 7. The maximum Gasteiger partial charge on any atom is 0.161 e. The average molecular weight is 357 g/mol. The molecule has 0 aliphatic heterocycles. The van der Waals surface area contributed by atoms with E-state index in [0.717, 1.165) is 16.8 Å². The summed E-state index contributed by atoms with van der Waals surface area (Å²) in [6, 6.07) is 24.8. The highest BCUT2D eigenvalue weighted by Gasteiger charge is 2.07. The van der Waals surface area contributed by atoms with Crippen LogP contribution in [0, 0.1) is 11.3 Å². The molecule has 3 rings (SSSR count). The number of para-hydroxylation sites is 1. The van der Waals surface area contributed by atoms with E-state index < -0.39 is 0 Å². The van der Waals surface area contributed by atoms with Gasteiger partial charge in [0.05, 0.1) is 30.6 Å². The molecule has 0 aromatic heterocycles. The van der Waals surface area contributed by atoms with Crippen LogP contribution >= 0.6 is 0 Å². The fraction of sp³-hybridized carbons (Fsp3) is 0.0909. The Bertz CT molecular complexity index is 963. The maximum atomic E-state index is 9.17. The molecule has 134 valence electrons. The van der Waals surface area contributed by atoms with Crippen molar-refractivity contribution in [3.05, 3.63) is 89.5 Å². The number of nitrogens with one attached hydrogen (secondary N) is 1. The number of hydrazone groups is 1. The molecule has 5 nitrogen and oxygen atoms in total. The fourth-order valence-corrected chi connectivity index (χ4v) is 2.49. The second kappa shape index (κ2) is 9.07. The van der Waals surface area contributed by atoms with Crippen molar-refractivity contribution in [3.63, 3.8) is 0 Å². The van der Waals surface area contributed by atoms with E-state index in [9.17, 15) is 0 Å². The molecule has 0 atom stereocenters. The highest BCUT2D eigenvalue weighted by atomic mass is 16.5. The summed E-state index contributed by atoms with van der Waals surface area (Å²) in [6.45, 7) is 0.295. The lowest BCUT2D eigenvalue weighted by Crippen LogP contribution is -2.00. The Morgan fingerprint density at radius 1 is 1.00 bits per heavy atom. The molecular weight excluding hydrogens is 338 g/mol. The monoisotopic (exact) mass is 357 g/mol. The zero-order valence-corrected chi connectivity index (χ0v) is 14.9. The summed E-state index contributed by atoms with van der Waals surface area (Å²) >= 11 is 0. The van der Waals surface area contributed by atoms with Crippen LogP contribution in [0.3, 0.4) is 0 Å². The molecule has 1 N–H and O–H groups in total. The molecule has 0 spiro atoms. The van der Waals surface area contributed by atoms with Crippen molar-refractivity contribution in [2.45, 2.75) is 6.61 Å². The first-order valence-corrected chi connectivity index (χ1v) is 8.43. The number of methoxy groups -OCH3 is 1. The van der Waals surface area contributed by atoms with E-state index >= 15 is 0 Å². The standard InChI is InChI=1S/C22H19N3O2/c1-26-22-13-17(15-24-25-20-9-3-2-4-10-20)11-12-21(22)27-16-19-8-6-5-7-18(19)14-23/h2-13,15,25H,16H2,1H3/b24-15-. The molecule has 0 fully saturated rings. The van der Waals surface area contributed by atoms with Crippen LogP contribution in [0.15, 0.2) is 77.9 Å². The number of hydrogen-bond acceptors (Lipinski definition) is 5. The first-order chi connectivity index (χ1) is 13.3. The Morgan fingerprint density at radius 3 is 2.56 bits per heavy atom. The summed E-state index contributed by atoms with van der Waals surface area (Å²) in [6.07, 6.45) is 1.71. The van der Waals surface area contributed by atoms with E-state index in [1.54, 1.807) is 19.4 Å². The fourth-order valence-electron chi connectivity index (χ4n) is 2.49. The van der Waals surface area contributed by atoms with Crippen LogP contribution in [0.4, 0.5) is 5.69 Å². The van der Waals surface area contributed by atoms with Gasteiger partial charge in [-0.2, -0.15) is 10.4 Å². The number of benzene rings is 3. The largest absolute Gasteiger partial charge is 0.493 e. The smallest absolute Gasteiger partial charge is 0.161 e. The van der Waals surface area contributed by atoms with Gasteiger partial charge in [-0.3, -0.25) is 5.43 Å². The summed E-state index contributed by atoms with van der Waals surface area (Å²) in [5.74, 6) is 1.21. The maximum absolute atomic E-state index is 9.17. The van der Waals surface area contributed by atoms with Crippen LogP contribution in [-0.4, -0.2) is 13.3 Å². The van der Waals surface area contributed by atoms with Crippen molar-refractivity contribution in [1.29, 1.82) is 5.26 Å². The first kappa shape index (κ1) is 18.0. The molecule has 3 aromatic carbocycles. The average Bonchev–Trinajstić information content (AvgIpc) is 2.73. The van der Waals surface area contributed by atoms with Crippen molar-refractivity contribution in [3.8, 4) is 17.6 Å². The van der Waals surface area contributed by atoms with Gasteiger partial charge in [0.2, 0.25) is 0 Å². The molecule has 0 radical (unpaired) electrons. The summed E-state index contributed by atoms with van der Waals surface area (Å²) in [5.41, 5.74) is 6.20. The molecule has 27 heavy (non-hydrogen) atoms. The first-order valence-electron chi connectivity index (χ1n) is 8.43. The van der Waals surface area contributed by atoms with Crippen molar-refractivity contribution in [2.24, 2.45) is 5.10 Å². The molecule has 5 heteroatoms. The van der Waals surface area contributed by atoms with Crippen molar-refractivity contribution < 1.29 is 9.47 Å². The lowest BCUT2D eigenvalue weighted by molar-refractivity contribution is 0.284. The minimum Gasteiger partial charge on any atom is -0.493 e. The van der Waals surface area contributed by atoms with Crippen molar-refractivity contribution >= 4 is 11.9 Å². The third kappa shape index (κ3) is 4.86. The molecule has 0 saturated heterocycles. The molecule has 0 bridgehead atoms. The minimum atomic E-state index is 0.295. The molecule has 3 aromatic rings. The van der Waals surface area contributed by atoms with Crippen molar-refractivity contribution in [2.75, 3.05) is 12.5 Å². The summed E-state index contributed by atoms with van der Waals surface area (Å²) in [4.78, 5) is 0. The minimum absolute atomic E-state index is 0.295. The quantitative estimate of drug-likeness (QED) is 0.496. The zero-order valence-electron chi connectivity index (χ0n) is 14.9. The predicted molar refractivity (Wildman–Crippen MR) is 106 cm³/mol. The Kier molecular flexibility index (Phi) is 6.05. The Labute approximate surface area is 158 Å². The second-order valence-corrected chi connectivity index (χ2v) is 5.70. The Morgan fingerprint density at radius 2 is 1.78 bits per heavy atom. The second-order valence-electron chi connectivity index (χ2n) is 5.70. The Balaban J connectivity index is 1.68. The van der Waals surface area contributed by atoms with Crippen LogP contribution in [0.2, 0.25) is 0 Å². The van der Waals surface area contributed by atoms with Gasteiger partial charge in [-0.15, -0.1) is 0 Å². The van der Waals surface area contributed by atoms with Gasteiger partial charge >= 0.3 is 0 Å². The third-order valence-electron chi connectivity index (χ3n) is 3.89. The summed E-state index contributed by atoms with van der Waals surface area (Å²) in [7, 11) is 1.59. The molecule has 0 aliphatic carbocycles. The zero-order chi connectivity index (χ0) is 18.9. The lowest BCUT2D eigenvalue weighted by Gasteiger charge is -2.12. The van der Waals surface area contributed by atoms with Gasteiger partial charge in [-0.25, -0.2) is 0 Å². The third-order valence-corrected chi connectivity index (χ3v) is 3.89. The topological polar surface area (TPSA) is 66.6 Å². The molecule has 0 unspecified atom stereocenters. The Hall–Kier alpha value is -3.78. The van der Waals surface area contributed by atoms with Gasteiger partial charge in [0.25, 0.3) is 0 Å². The summed E-state index contributed by atoms with van der Waals surface area (Å²) < 4.78 is 11.3. The van der Waals surface area contributed by atoms with E-state index in [1.807, 2.05) is 66.7 Å². The van der Waals surface area contributed by atoms with Gasteiger partial charge < -0.3 is 9.47 Å². The summed E-state index contributed by atoms with van der Waals surface area (Å²) in [5, 5.41) is 13.4. The van der Waals surface area contributed by atoms with Gasteiger partial charge in [0.1, 0.15) is 6.61 Å². The number of nitrogens with zero attached hydrogens (tertiary/aromatic N) is 2. The van der Waals surface area contributed by atoms with Crippen LogP contribution in [0.1, 0.15) is 16.7 Å². The highest BCUT2D eigenvalue weighted by Crippen LogP contribution is 2.28. The van der Waals surface area contributed by atoms with Crippen molar-refractivity contribution in [1.82, 2.24) is 0 Å². The highest BCUT2D eigenvalue weighted by molar-refractivity contribution is 5.81. The molecule has 0 aliphatic rings. The van der Waals surface area contributed by atoms with E-state index in [4.69, 9.17) is 14.7 Å². The van der Waals surface area contributed by atoms with Crippen LogP contribution in [0.25, 0.3) is 0 Å². The molecule has 0 saturated carbocycles. The lowest BCUT2D eigenvalue weighted by atomic mass is 10.1. The van der Waals surface area contributed by atoms with E-state index in [0.29, 0.717) is 23.7 Å². The van der Waals surface area contributed by atoms with Crippen LogP contribution in [0.5, 0.6) is 11.5 Å². The van der Waals surface area contributed by atoms with Crippen LogP contribution in [-0.2, 0) is 6.61 Å².